The first-order chi connectivity index (χ1) is 11.5. The topological polar surface area (TPSA) is 24.0 Å². The fraction of sp³-hybridized carbons (Fsp3) is 0.316. The zero-order valence-corrected chi connectivity index (χ0v) is 14.9. The number of hydrogen-bond acceptors (Lipinski definition) is 2. The molecule has 2 aromatic carbocycles. The molecule has 0 aliphatic rings. The van der Waals surface area contributed by atoms with Gasteiger partial charge in [-0.15, -0.1) is 0 Å². The molecule has 1 aromatic heterocycles. The molecule has 0 spiro atoms. The quantitative estimate of drug-likeness (QED) is 0.658. The fourth-order valence-electron chi connectivity index (χ4n) is 2.98. The lowest BCUT2D eigenvalue weighted by molar-refractivity contribution is 0.314. The summed E-state index contributed by atoms with van der Waals surface area (Å²) in [6.07, 6.45) is 0.987. The first-order valence-electron chi connectivity index (χ1n) is 8.16. The van der Waals surface area contributed by atoms with Crippen LogP contribution in [0.2, 0.25) is 0 Å². The standard InChI is InChI=1S/C19H22FN3S/c1-14-11-18-17(12-16(14)20)21-19(24)23(18)10-6-9-22(2)13-15-7-4-3-5-8-15/h3-5,7-8,11-12H,6,9-10,13H2,1-2H3,(H,21,24). The van der Waals surface area contributed by atoms with Crippen LogP contribution in [0.5, 0.6) is 0 Å². The Morgan fingerprint density at radius 3 is 2.71 bits per heavy atom. The van der Waals surface area contributed by atoms with Crippen molar-refractivity contribution in [3.05, 3.63) is 64.2 Å². The van der Waals surface area contributed by atoms with Gasteiger partial charge in [0.2, 0.25) is 0 Å². The van der Waals surface area contributed by atoms with Crippen LogP contribution in [0.4, 0.5) is 4.39 Å². The van der Waals surface area contributed by atoms with Crippen LogP contribution < -0.4 is 0 Å². The number of rotatable bonds is 6. The van der Waals surface area contributed by atoms with Gasteiger partial charge in [0.25, 0.3) is 0 Å². The van der Waals surface area contributed by atoms with E-state index in [1.165, 1.54) is 11.6 Å². The van der Waals surface area contributed by atoms with E-state index < -0.39 is 0 Å². The molecule has 3 rings (SSSR count). The number of benzene rings is 2. The highest BCUT2D eigenvalue weighted by Crippen LogP contribution is 2.19. The molecule has 5 heteroatoms. The molecule has 0 saturated heterocycles. The van der Waals surface area contributed by atoms with Crippen molar-refractivity contribution in [1.82, 2.24) is 14.5 Å². The Kier molecular flexibility index (Phi) is 5.11. The number of halogens is 1. The molecule has 0 aliphatic heterocycles. The van der Waals surface area contributed by atoms with E-state index in [9.17, 15) is 4.39 Å². The number of nitrogens with one attached hydrogen (secondary N) is 1. The number of nitrogens with zero attached hydrogens (tertiary/aromatic N) is 2. The molecular formula is C19H22FN3S. The summed E-state index contributed by atoms with van der Waals surface area (Å²) < 4.78 is 16.4. The van der Waals surface area contributed by atoms with E-state index in [0.29, 0.717) is 10.3 Å². The van der Waals surface area contributed by atoms with Crippen molar-refractivity contribution < 1.29 is 4.39 Å². The minimum Gasteiger partial charge on any atom is -0.330 e. The van der Waals surface area contributed by atoms with Gasteiger partial charge >= 0.3 is 0 Å². The van der Waals surface area contributed by atoms with E-state index in [1.807, 2.05) is 12.1 Å². The largest absolute Gasteiger partial charge is 0.330 e. The average molecular weight is 343 g/mol. The fourth-order valence-corrected chi connectivity index (χ4v) is 3.28. The van der Waals surface area contributed by atoms with Gasteiger partial charge < -0.3 is 14.5 Å². The smallest absolute Gasteiger partial charge is 0.178 e. The second-order valence-electron chi connectivity index (χ2n) is 6.28. The summed E-state index contributed by atoms with van der Waals surface area (Å²) in [4.78, 5) is 5.40. The minimum atomic E-state index is -0.200. The second kappa shape index (κ2) is 7.28. The molecule has 0 atom stereocenters. The lowest BCUT2D eigenvalue weighted by atomic mass is 10.2. The molecule has 3 aromatic rings. The van der Waals surface area contributed by atoms with Crippen LogP contribution in [0.3, 0.4) is 0 Å². The Morgan fingerprint density at radius 1 is 1.21 bits per heavy atom. The maximum atomic E-state index is 13.7. The van der Waals surface area contributed by atoms with Crippen molar-refractivity contribution in [2.24, 2.45) is 0 Å². The van der Waals surface area contributed by atoms with E-state index in [1.54, 1.807) is 6.92 Å². The Hall–Kier alpha value is -1.98. The molecule has 0 radical (unpaired) electrons. The maximum Gasteiger partial charge on any atom is 0.178 e. The highest BCUT2D eigenvalue weighted by Gasteiger charge is 2.08. The van der Waals surface area contributed by atoms with Crippen molar-refractivity contribution >= 4 is 23.3 Å². The van der Waals surface area contributed by atoms with Crippen molar-refractivity contribution in [3.63, 3.8) is 0 Å². The third-order valence-electron chi connectivity index (χ3n) is 4.27. The Labute approximate surface area is 146 Å². The number of imidazole rings is 1. The molecule has 0 bridgehead atoms. The zero-order chi connectivity index (χ0) is 17.1. The van der Waals surface area contributed by atoms with Gasteiger partial charge in [0.15, 0.2) is 4.77 Å². The summed E-state index contributed by atoms with van der Waals surface area (Å²) in [7, 11) is 2.13. The third kappa shape index (κ3) is 3.74. The van der Waals surface area contributed by atoms with Gasteiger partial charge in [-0.25, -0.2) is 4.39 Å². The molecule has 126 valence electrons. The number of aromatic amines is 1. The van der Waals surface area contributed by atoms with Crippen LogP contribution in [0.25, 0.3) is 11.0 Å². The molecule has 0 saturated carbocycles. The number of hydrogen-bond donors (Lipinski definition) is 1. The Morgan fingerprint density at radius 2 is 1.96 bits per heavy atom. The molecule has 1 heterocycles. The van der Waals surface area contributed by atoms with Crippen LogP contribution in [-0.4, -0.2) is 28.0 Å². The molecule has 3 nitrogen and oxygen atoms in total. The van der Waals surface area contributed by atoms with Gasteiger partial charge in [0.05, 0.1) is 11.0 Å². The molecule has 0 aliphatic carbocycles. The number of fused-ring (bicyclic) bond motifs is 1. The third-order valence-corrected chi connectivity index (χ3v) is 4.59. The van der Waals surface area contributed by atoms with Crippen LogP contribution in [0.1, 0.15) is 17.5 Å². The van der Waals surface area contributed by atoms with Crippen molar-refractivity contribution in [2.75, 3.05) is 13.6 Å². The van der Waals surface area contributed by atoms with Crippen molar-refractivity contribution in [2.45, 2.75) is 26.4 Å². The summed E-state index contributed by atoms with van der Waals surface area (Å²) in [6.45, 7) is 4.51. The lowest BCUT2D eigenvalue weighted by Gasteiger charge is -2.17. The predicted molar refractivity (Wildman–Crippen MR) is 99.2 cm³/mol. The molecule has 1 N–H and O–H groups in total. The number of aryl methyl sites for hydroxylation is 2. The zero-order valence-electron chi connectivity index (χ0n) is 14.1. The van der Waals surface area contributed by atoms with E-state index in [4.69, 9.17) is 12.2 Å². The van der Waals surface area contributed by atoms with E-state index in [2.05, 4.69) is 45.8 Å². The second-order valence-corrected chi connectivity index (χ2v) is 6.66. The van der Waals surface area contributed by atoms with Gasteiger partial charge in [0, 0.05) is 13.1 Å². The van der Waals surface area contributed by atoms with Gasteiger partial charge in [-0.1, -0.05) is 30.3 Å². The van der Waals surface area contributed by atoms with Crippen LogP contribution in [0, 0.1) is 17.5 Å². The SMILES string of the molecule is Cc1cc2c(cc1F)[nH]c(=S)n2CCCN(C)Cc1ccccc1. The summed E-state index contributed by atoms with van der Waals surface area (Å²) in [5, 5.41) is 0. The molecule has 0 fully saturated rings. The Balaban J connectivity index is 1.64. The highest BCUT2D eigenvalue weighted by atomic mass is 32.1. The van der Waals surface area contributed by atoms with E-state index in [0.717, 1.165) is 37.1 Å². The monoisotopic (exact) mass is 343 g/mol. The van der Waals surface area contributed by atoms with Crippen molar-refractivity contribution in [3.8, 4) is 0 Å². The average Bonchev–Trinajstić information content (AvgIpc) is 2.84. The van der Waals surface area contributed by atoms with Crippen LogP contribution in [0.15, 0.2) is 42.5 Å². The van der Waals surface area contributed by atoms with Gasteiger partial charge in [-0.3, -0.25) is 0 Å². The van der Waals surface area contributed by atoms with Crippen LogP contribution in [-0.2, 0) is 13.1 Å². The van der Waals surface area contributed by atoms with Gasteiger partial charge in [0.1, 0.15) is 5.82 Å². The van der Waals surface area contributed by atoms with E-state index >= 15 is 0 Å². The summed E-state index contributed by atoms with van der Waals surface area (Å²) in [5.74, 6) is -0.200. The summed E-state index contributed by atoms with van der Waals surface area (Å²) in [5.41, 5.74) is 3.70. The lowest BCUT2D eigenvalue weighted by Crippen LogP contribution is -2.20. The highest BCUT2D eigenvalue weighted by molar-refractivity contribution is 7.71. The summed E-state index contributed by atoms with van der Waals surface area (Å²) in [6, 6.07) is 13.8. The summed E-state index contributed by atoms with van der Waals surface area (Å²) >= 11 is 5.39. The predicted octanol–water partition coefficient (Wildman–Crippen LogP) is 4.67. The molecular weight excluding hydrogens is 321 g/mol. The molecule has 24 heavy (non-hydrogen) atoms. The van der Waals surface area contributed by atoms with Gasteiger partial charge in [-0.2, -0.15) is 0 Å². The first kappa shape index (κ1) is 16.9. The van der Waals surface area contributed by atoms with Gasteiger partial charge in [-0.05, 0) is 62.4 Å². The van der Waals surface area contributed by atoms with Crippen LogP contribution >= 0.6 is 12.2 Å². The first-order valence-corrected chi connectivity index (χ1v) is 8.56. The molecule has 0 amide bonds. The maximum absolute atomic E-state index is 13.7. The Bertz CT molecular complexity index is 883. The van der Waals surface area contributed by atoms with E-state index in [-0.39, 0.29) is 5.82 Å². The van der Waals surface area contributed by atoms with Crippen molar-refractivity contribution in [1.29, 1.82) is 0 Å². The normalized spacial score (nSPS) is 11.5. The minimum absolute atomic E-state index is 0.200. The molecule has 0 unspecified atom stereocenters. The number of H-pyrrole nitrogens is 1. The number of aromatic nitrogens is 2.